The third kappa shape index (κ3) is 7.25. The lowest BCUT2D eigenvalue weighted by Crippen LogP contribution is -2.24. The van der Waals surface area contributed by atoms with Gasteiger partial charge in [-0.25, -0.2) is 17.9 Å². The van der Waals surface area contributed by atoms with E-state index in [-0.39, 0.29) is 13.2 Å². The van der Waals surface area contributed by atoms with Crippen molar-refractivity contribution in [3.05, 3.63) is 65.2 Å². The molecule has 0 atom stereocenters. The number of nitrogens with one attached hydrogen (secondary N) is 1. The summed E-state index contributed by atoms with van der Waals surface area (Å²) in [6, 6.07) is 14.6. The van der Waals surface area contributed by atoms with Crippen LogP contribution >= 0.6 is 0 Å². The average Bonchev–Trinajstić information content (AvgIpc) is 2.58. The molecule has 0 unspecified atom stereocenters. The molecule has 0 bridgehead atoms. The van der Waals surface area contributed by atoms with Crippen LogP contribution < -0.4 is 9.46 Å². The van der Waals surface area contributed by atoms with Crippen molar-refractivity contribution in [1.29, 1.82) is 0 Å². The lowest BCUT2D eigenvalue weighted by molar-refractivity contribution is 0.0450. The molecule has 0 aliphatic heterocycles. The van der Waals surface area contributed by atoms with Crippen LogP contribution in [0.15, 0.2) is 48.5 Å². The Kier molecular flexibility index (Phi) is 7.17. The Balaban J connectivity index is 1.73. The maximum absolute atomic E-state index is 12.0. The third-order valence-corrected chi connectivity index (χ3v) is 4.27. The average molecular weight is 377 g/mol. The normalized spacial score (nSPS) is 11.2. The van der Waals surface area contributed by atoms with Crippen molar-refractivity contribution in [3.8, 4) is 5.75 Å². The predicted molar refractivity (Wildman–Crippen MR) is 99.9 cm³/mol. The molecule has 0 saturated carbocycles. The lowest BCUT2D eigenvalue weighted by Gasteiger charge is -2.08. The predicted octanol–water partition coefficient (Wildman–Crippen LogP) is 2.32. The Morgan fingerprint density at radius 2 is 1.81 bits per heavy atom. The maximum Gasteiger partial charge on any atom is 0.338 e. The number of esters is 1. The molecule has 0 aliphatic carbocycles. The highest BCUT2D eigenvalue weighted by atomic mass is 32.2. The van der Waals surface area contributed by atoms with Crippen molar-refractivity contribution in [2.75, 3.05) is 26.0 Å². The van der Waals surface area contributed by atoms with Crippen molar-refractivity contribution in [2.24, 2.45) is 0 Å². The van der Waals surface area contributed by atoms with E-state index in [1.165, 1.54) is 0 Å². The molecule has 0 radical (unpaired) electrons. The molecule has 1 N–H and O–H groups in total. The largest absolute Gasteiger partial charge is 0.490 e. The molecular weight excluding hydrogens is 354 g/mol. The summed E-state index contributed by atoms with van der Waals surface area (Å²) >= 11 is 0. The zero-order valence-electron chi connectivity index (χ0n) is 14.9. The van der Waals surface area contributed by atoms with Gasteiger partial charge >= 0.3 is 5.97 Å². The highest BCUT2D eigenvalue weighted by molar-refractivity contribution is 7.88. The Morgan fingerprint density at radius 1 is 1.08 bits per heavy atom. The van der Waals surface area contributed by atoms with E-state index < -0.39 is 16.0 Å². The number of aryl methyl sites for hydroxylation is 1. The molecule has 26 heavy (non-hydrogen) atoms. The van der Waals surface area contributed by atoms with Crippen molar-refractivity contribution < 1.29 is 22.7 Å². The minimum atomic E-state index is -3.19. The minimum absolute atomic E-state index is 0.160. The van der Waals surface area contributed by atoms with Crippen LogP contribution in [-0.4, -0.2) is 40.4 Å². The van der Waals surface area contributed by atoms with E-state index in [1.807, 2.05) is 31.2 Å². The molecule has 7 heteroatoms. The van der Waals surface area contributed by atoms with Crippen LogP contribution in [0.25, 0.3) is 0 Å². The summed E-state index contributed by atoms with van der Waals surface area (Å²) in [5.74, 6) is 0.326. The SMILES string of the molecule is Cc1cccc(OCCOC(=O)c2ccc(CCNS(C)(=O)=O)cc2)c1. The molecule has 6 nitrogen and oxygen atoms in total. The molecule has 0 amide bonds. The van der Waals surface area contributed by atoms with E-state index in [1.54, 1.807) is 24.3 Å². The second kappa shape index (κ2) is 9.35. The summed E-state index contributed by atoms with van der Waals surface area (Å²) < 4.78 is 35.2. The van der Waals surface area contributed by atoms with E-state index in [0.717, 1.165) is 23.1 Å². The Morgan fingerprint density at radius 3 is 2.46 bits per heavy atom. The van der Waals surface area contributed by atoms with E-state index in [9.17, 15) is 13.2 Å². The summed E-state index contributed by atoms with van der Waals surface area (Å²) in [5, 5.41) is 0. The van der Waals surface area contributed by atoms with Gasteiger partial charge in [0.1, 0.15) is 19.0 Å². The molecule has 2 aromatic carbocycles. The first kappa shape index (κ1) is 19.9. The van der Waals surface area contributed by atoms with Crippen LogP contribution in [0.5, 0.6) is 5.75 Å². The molecule has 0 aliphatic rings. The molecule has 0 fully saturated rings. The zero-order valence-corrected chi connectivity index (χ0v) is 15.7. The van der Waals surface area contributed by atoms with Gasteiger partial charge in [0.25, 0.3) is 0 Å². The van der Waals surface area contributed by atoms with Gasteiger partial charge in [-0.1, -0.05) is 24.3 Å². The maximum atomic E-state index is 12.0. The van der Waals surface area contributed by atoms with E-state index >= 15 is 0 Å². The number of hydrogen-bond donors (Lipinski definition) is 1. The van der Waals surface area contributed by atoms with Crippen LogP contribution in [0, 0.1) is 6.92 Å². The summed E-state index contributed by atoms with van der Waals surface area (Å²) in [6.07, 6.45) is 1.67. The monoisotopic (exact) mass is 377 g/mol. The number of carbonyl (C=O) groups excluding carboxylic acids is 1. The van der Waals surface area contributed by atoms with Crippen LogP contribution in [0.2, 0.25) is 0 Å². The second-order valence-electron chi connectivity index (χ2n) is 5.91. The first-order valence-corrected chi connectivity index (χ1v) is 10.1. The standard InChI is InChI=1S/C19H23NO5S/c1-15-4-3-5-18(14-15)24-12-13-25-19(21)17-8-6-16(7-9-17)10-11-20-26(2,22)23/h3-9,14,20H,10-13H2,1-2H3. The Bertz CT molecular complexity index is 831. The van der Waals surface area contributed by atoms with Crippen molar-refractivity contribution in [2.45, 2.75) is 13.3 Å². The summed E-state index contributed by atoms with van der Waals surface area (Å²) in [6.45, 7) is 2.74. The van der Waals surface area contributed by atoms with Gasteiger partial charge in [-0.05, 0) is 48.7 Å². The van der Waals surface area contributed by atoms with Gasteiger partial charge in [-0.15, -0.1) is 0 Å². The third-order valence-electron chi connectivity index (χ3n) is 3.54. The first-order valence-electron chi connectivity index (χ1n) is 8.24. The highest BCUT2D eigenvalue weighted by Gasteiger charge is 2.07. The number of rotatable bonds is 9. The molecular formula is C19H23NO5S. The van der Waals surface area contributed by atoms with Gasteiger partial charge in [-0.2, -0.15) is 0 Å². The minimum Gasteiger partial charge on any atom is -0.490 e. The molecule has 0 aromatic heterocycles. The molecule has 2 rings (SSSR count). The number of benzene rings is 2. The highest BCUT2D eigenvalue weighted by Crippen LogP contribution is 2.12. The fourth-order valence-corrected chi connectivity index (χ4v) is 2.74. The van der Waals surface area contributed by atoms with Crippen molar-refractivity contribution in [3.63, 3.8) is 0 Å². The number of carbonyl (C=O) groups is 1. The van der Waals surface area contributed by atoms with E-state index in [0.29, 0.717) is 18.5 Å². The second-order valence-corrected chi connectivity index (χ2v) is 7.75. The Hall–Kier alpha value is -2.38. The fourth-order valence-electron chi connectivity index (χ4n) is 2.27. The summed E-state index contributed by atoms with van der Waals surface area (Å²) in [4.78, 5) is 12.0. The summed E-state index contributed by atoms with van der Waals surface area (Å²) in [5.41, 5.74) is 2.48. The molecule has 0 heterocycles. The Labute approximate surface area is 154 Å². The van der Waals surface area contributed by atoms with Crippen molar-refractivity contribution >= 4 is 16.0 Å². The molecule has 0 saturated heterocycles. The van der Waals surface area contributed by atoms with Gasteiger partial charge in [0, 0.05) is 6.54 Å². The van der Waals surface area contributed by atoms with E-state index in [4.69, 9.17) is 9.47 Å². The topological polar surface area (TPSA) is 81.7 Å². The first-order chi connectivity index (χ1) is 12.3. The van der Waals surface area contributed by atoms with Gasteiger partial charge in [0.05, 0.1) is 11.8 Å². The van der Waals surface area contributed by atoms with Gasteiger partial charge in [0.15, 0.2) is 0 Å². The number of sulfonamides is 1. The molecule has 0 spiro atoms. The molecule has 140 valence electrons. The van der Waals surface area contributed by atoms with Crippen molar-refractivity contribution in [1.82, 2.24) is 4.72 Å². The van der Waals surface area contributed by atoms with Crippen LogP contribution in [0.4, 0.5) is 0 Å². The quantitative estimate of drug-likeness (QED) is 0.536. The van der Waals surface area contributed by atoms with Gasteiger partial charge < -0.3 is 9.47 Å². The smallest absolute Gasteiger partial charge is 0.338 e. The van der Waals surface area contributed by atoms with Gasteiger partial charge in [-0.3, -0.25) is 0 Å². The van der Waals surface area contributed by atoms with Crippen LogP contribution in [0.1, 0.15) is 21.5 Å². The molecule has 2 aromatic rings. The summed E-state index contributed by atoms with van der Waals surface area (Å²) in [7, 11) is -3.19. The zero-order chi connectivity index (χ0) is 19.0. The fraction of sp³-hybridized carbons (Fsp3) is 0.316. The van der Waals surface area contributed by atoms with Crippen LogP contribution in [-0.2, 0) is 21.2 Å². The van der Waals surface area contributed by atoms with Gasteiger partial charge in [0.2, 0.25) is 10.0 Å². The number of ether oxygens (including phenoxy) is 2. The lowest BCUT2D eigenvalue weighted by atomic mass is 10.1. The number of hydrogen-bond acceptors (Lipinski definition) is 5. The van der Waals surface area contributed by atoms with Crippen LogP contribution in [0.3, 0.4) is 0 Å². The van der Waals surface area contributed by atoms with E-state index in [2.05, 4.69) is 4.72 Å².